The molecule has 0 aliphatic carbocycles. The fraction of sp³-hybridized carbons (Fsp3) is 0.190. The van der Waals surface area contributed by atoms with Crippen LogP contribution in [0.3, 0.4) is 0 Å². The van der Waals surface area contributed by atoms with Crippen molar-refractivity contribution < 1.29 is 0 Å². The van der Waals surface area contributed by atoms with Crippen LogP contribution in [0.15, 0.2) is 60.0 Å². The maximum absolute atomic E-state index is 4.80. The highest BCUT2D eigenvalue weighted by molar-refractivity contribution is 7.14. The Hall–Kier alpha value is -2.59. The Balaban J connectivity index is 1.86. The monoisotopic (exact) mass is 347 g/mol. The highest BCUT2D eigenvalue weighted by Crippen LogP contribution is 2.36. The van der Waals surface area contributed by atoms with E-state index < -0.39 is 0 Å². The molecule has 2 heterocycles. The molecular formula is C21H21N3S. The second-order valence-electron chi connectivity index (χ2n) is 6.12. The molecule has 0 spiro atoms. The fourth-order valence-electron chi connectivity index (χ4n) is 3.35. The first-order chi connectivity index (χ1) is 12.3. The van der Waals surface area contributed by atoms with Gasteiger partial charge in [0.25, 0.3) is 0 Å². The highest BCUT2D eigenvalue weighted by atomic mass is 32.1. The van der Waals surface area contributed by atoms with Gasteiger partial charge in [0.05, 0.1) is 5.69 Å². The lowest BCUT2D eigenvalue weighted by molar-refractivity contribution is 0.806. The maximum Gasteiger partial charge on any atom is 0.183 e. The normalized spacial score (nSPS) is 11.1. The topological polar surface area (TPSA) is 29.9 Å². The van der Waals surface area contributed by atoms with Crippen LogP contribution in [0.4, 0.5) is 5.13 Å². The lowest BCUT2D eigenvalue weighted by atomic mass is 10.1. The molecule has 0 unspecified atom stereocenters. The number of hydrogen-bond donors (Lipinski definition) is 1. The van der Waals surface area contributed by atoms with E-state index >= 15 is 0 Å². The average molecular weight is 347 g/mol. The minimum absolute atomic E-state index is 0.872. The summed E-state index contributed by atoms with van der Waals surface area (Å²) in [4.78, 5) is 4.80. The van der Waals surface area contributed by atoms with Crippen LogP contribution in [0.5, 0.6) is 0 Å². The van der Waals surface area contributed by atoms with Crippen LogP contribution in [0.1, 0.15) is 18.2 Å². The smallest absolute Gasteiger partial charge is 0.183 e. The SMILES string of the molecule is CCNc1nc(-c2c(C)n(Cc3ccccc3)c3ccccc23)cs1. The number of fused-ring (bicyclic) bond motifs is 1. The molecule has 4 heteroatoms. The predicted octanol–water partition coefficient (Wildman–Crippen LogP) is 5.55. The van der Waals surface area contributed by atoms with Gasteiger partial charge < -0.3 is 9.88 Å². The summed E-state index contributed by atoms with van der Waals surface area (Å²) in [6, 6.07) is 19.2. The molecule has 1 N–H and O–H groups in total. The minimum Gasteiger partial charge on any atom is -0.362 e. The molecule has 2 aromatic heterocycles. The number of aromatic nitrogens is 2. The summed E-state index contributed by atoms with van der Waals surface area (Å²) >= 11 is 1.67. The number of anilines is 1. The number of rotatable bonds is 5. The quantitative estimate of drug-likeness (QED) is 0.513. The molecule has 4 aromatic rings. The zero-order valence-corrected chi connectivity index (χ0v) is 15.3. The Morgan fingerprint density at radius 3 is 2.60 bits per heavy atom. The summed E-state index contributed by atoms with van der Waals surface area (Å²) < 4.78 is 2.40. The Kier molecular flexibility index (Phi) is 4.28. The first-order valence-electron chi connectivity index (χ1n) is 8.59. The van der Waals surface area contributed by atoms with Crippen molar-refractivity contribution in [1.82, 2.24) is 9.55 Å². The van der Waals surface area contributed by atoms with Gasteiger partial charge in [0.1, 0.15) is 0 Å². The number of benzene rings is 2. The largest absolute Gasteiger partial charge is 0.362 e. The molecular weight excluding hydrogens is 326 g/mol. The summed E-state index contributed by atoms with van der Waals surface area (Å²) in [6.45, 7) is 6.06. The van der Waals surface area contributed by atoms with Crippen LogP contribution in [0, 0.1) is 6.92 Å². The van der Waals surface area contributed by atoms with E-state index in [-0.39, 0.29) is 0 Å². The van der Waals surface area contributed by atoms with Crippen LogP contribution in [0.25, 0.3) is 22.2 Å². The van der Waals surface area contributed by atoms with Gasteiger partial charge in [0.15, 0.2) is 5.13 Å². The Morgan fingerprint density at radius 1 is 1.04 bits per heavy atom. The van der Waals surface area contributed by atoms with Gasteiger partial charge in [-0.15, -0.1) is 11.3 Å². The van der Waals surface area contributed by atoms with Crippen molar-refractivity contribution in [1.29, 1.82) is 0 Å². The van der Waals surface area contributed by atoms with Crippen LogP contribution >= 0.6 is 11.3 Å². The predicted molar refractivity (Wildman–Crippen MR) is 107 cm³/mol. The summed E-state index contributed by atoms with van der Waals surface area (Å²) in [6.07, 6.45) is 0. The molecule has 4 rings (SSSR count). The molecule has 0 aliphatic rings. The number of nitrogens with zero attached hydrogens (tertiary/aromatic N) is 2. The van der Waals surface area contributed by atoms with Gasteiger partial charge in [-0.3, -0.25) is 0 Å². The zero-order chi connectivity index (χ0) is 17.2. The second-order valence-corrected chi connectivity index (χ2v) is 6.98. The van der Waals surface area contributed by atoms with Crippen LogP contribution in [-0.2, 0) is 6.54 Å². The number of para-hydroxylation sites is 1. The van der Waals surface area contributed by atoms with Crippen molar-refractivity contribution in [3.05, 3.63) is 71.2 Å². The molecule has 0 amide bonds. The Labute approximate surface area is 152 Å². The zero-order valence-electron chi connectivity index (χ0n) is 14.5. The van der Waals surface area contributed by atoms with Gasteiger partial charge in [-0.25, -0.2) is 4.98 Å². The highest BCUT2D eigenvalue weighted by Gasteiger charge is 2.17. The summed E-state index contributed by atoms with van der Waals surface area (Å²) in [5, 5.41) is 7.72. The summed E-state index contributed by atoms with van der Waals surface area (Å²) in [5.74, 6) is 0. The third-order valence-electron chi connectivity index (χ3n) is 4.50. The van der Waals surface area contributed by atoms with E-state index in [1.54, 1.807) is 11.3 Å². The molecule has 0 fully saturated rings. The minimum atomic E-state index is 0.872. The molecule has 25 heavy (non-hydrogen) atoms. The molecule has 0 saturated carbocycles. The van der Waals surface area contributed by atoms with Crippen LogP contribution in [-0.4, -0.2) is 16.1 Å². The molecule has 0 bridgehead atoms. The van der Waals surface area contributed by atoms with E-state index in [4.69, 9.17) is 4.98 Å². The molecule has 126 valence electrons. The first-order valence-corrected chi connectivity index (χ1v) is 9.47. The van der Waals surface area contributed by atoms with Crippen molar-refractivity contribution in [2.75, 3.05) is 11.9 Å². The van der Waals surface area contributed by atoms with Gasteiger partial charge in [-0.1, -0.05) is 48.5 Å². The Morgan fingerprint density at radius 2 is 1.80 bits per heavy atom. The van der Waals surface area contributed by atoms with Crippen LogP contribution < -0.4 is 5.32 Å². The lowest BCUT2D eigenvalue weighted by Gasteiger charge is -2.08. The molecule has 2 aromatic carbocycles. The number of thiazole rings is 1. The van der Waals surface area contributed by atoms with Crippen molar-refractivity contribution >= 4 is 27.4 Å². The molecule has 3 nitrogen and oxygen atoms in total. The molecule has 0 atom stereocenters. The summed E-state index contributed by atoms with van der Waals surface area (Å²) in [5.41, 5.74) is 6.13. The molecule has 0 aliphatic heterocycles. The van der Waals surface area contributed by atoms with E-state index in [0.717, 1.165) is 23.9 Å². The van der Waals surface area contributed by atoms with Crippen molar-refractivity contribution in [2.45, 2.75) is 20.4 Å². The first kappa shape index (κ1) is 15.9. The van der Waals surface area contributed by atoms with E-state index in [9.17, 15) is 0 Å². The van der Waals surface area contributed by atoms with Gasteiger partial charge in [0, 0.05) is 40.6 Å². The van der Waals surface area contributed by atoms with Crippen molar-refractivity contribution in [3.63, 3.8) is 0 Å². The fourth-order valence-corrected chi connectivity index (χ4v) is 4.12. The number of hydrogen-bond acceptors (Lipinski definition) is 3. The molecule has 0 radical (unpaired) electrons. The average Bonchev–Trinajstić information content (AvgIpc) is 3.19. The standard InChI is InChI=1S/C21H21N3S/c1-3-22-21-23-18(14-25-21)20-15(2)24(13-16-9-5-4-6-10-16)19-12-8-7-11-17(19)20/h4-12,14H,3,13H2,1-2H3,(H,22,23). The van der Waals surface area contributed by atoms with E-state index in [2.05, 4.69) is 83.7 Å². The van der Waals surface area contributed by atoms with E-state index in [1.165, 1.54) is 27.7 Å². The van der Waals surface area contributed by atoms with Crippen molar-refractivity contribution in [2.24, 2.45) is 0 Å². The van der Waals surface area contributed by atoms with E-state index in [0.29, 0.717) is 0 Å². The van der Waals surface area contributed by atoms with Gasteiger partial charge in [0.2, 0.25) is 0 Å². The van der Waals surface area contributed by atoms with Gasteiger partial charge in [-0.2, -0.15) is 0 Å². The number of nitrogens with one attached hydrogen (secondary N) is 1. The summed E-state index contributed by atoms with van der Waals surface area (Å²) in [7, 11) is 0. The third-order valence-corrected chi connectivity index (χ3v) is 5.30. The lowest BCUT2D eigenvalue weighted by Crippen LogP contribution is -2.01. The van der Waals surface area contributed by atoms with Crippen LogP contribution in [0.2, 0.25) is 0 Å². The maximum atomic E-state index is 4.80. The third kappa shape index (κ3) is 2.94. The Bertz CT molecular complexity index is 999. The van der Waals surface area contributed by atoms with E-state index in [1.807, 2.05) is 0 Å². The van der Waals surface area contributed by atoms with Crippen molar-refractivity contribution in [3.8, 4) is 11.3 Å². The van der Waals surface area contributed by atoms with Gasteiger partial charge >= 0.3 is 0 Å². The molecule has 0 saturated heterocycles. The second kappa shape index (κ2) is 6.73. The van der Waals surface area contributed by atoms with Gasteiger partial charge in [-0.05, 0) is 25.5 Å².